The predicted molar refractivity (Wildman–Crippen MR) is 61.4 cm³/mol. The molecule has 2 rings (SSSR count). The quantitative estimate of drug-likeness (QED) is 0.684. The molecule has 0 spiro atoms. The molecule has 2 nitrogen and oxygen atoms in total. The maximum Gasteiger partial charge on any atom is 0.226 e. The van der Waals surface area contributed by atoms with Crippen molar-refractivity contribution in [3.05, 3.63) is 0 Å². The van der Waals surface area contributed by atoms with Crippen molar-refractivity contribution in [2.75, 3.05) is 0 Å². The van der Waals surface area contributed by atoms with Gasteiger partial charge in [-0.1, -0.05) is 20.3 Å². The van der Waals surface area contributed by atoms with Crippen LogP contribution in [0.5, 0.6) is 0 Å². The minimum Gasteiger partial charge on any atom is -0.337 e. The van der Waals surface area contributed by atoms with E-state index in [0.717, 1.165) is 0 Å². The van der Waals surface area contributed by atoms with Gasteiger partial charge in [-0.15, -0.1) is 0 Å². The van der Waals surface area contributed by atoms with E-state index in [1.165, 1.54) is 19.3 Å². The molecule has 1 aliphatic carbocycles. The Morgan fingerprint density at radius 3 is 2.40 bits per heavy atom. The van der Waals surface area contributed by atoms with Crippen LogP contribution < -0.4 is 0 Å². The van der Waals surface area contributed by atoms with E-state index in [9.17, 15) is 4.79 Å². The molecule has 0 aromatic heterocycles. The van der Waals surface area contributed by atoms with Crippen LogP contribution in [-0.4, -0.2) is 22.9 Å². The number of nitrogens with zero attached hydrogens (tertiary/aromatic N) is 1. The van der Waals surface area contributed by atoms with Crippen LogP contribution in [0.15, 0.2) is 0 Å². The van der Waals surface area contributed by atoms with Crippen LogP contribution in [-0.2, 0) is 4.79 Å². The highest BCUT2D eigenvalue weighted by molar-refractivity contribution is 5.82. The van der Waals surface area contributed by atoms with Crippen molar-refractivity contribution in [2.45, 2.75) is 59.0 Å². The molecule has 86 valence electrons. The SMILES string of the molecule is CC(C)C1C(=O)N(C(C)C)C2CCCC12. The van der Waals surface area contributed by atoms with Crippen molar-refractivity contribution in [3.8, 4) is 0 Å². The van der Waals surface area contributed by atoms with Crippen molar-refractivity contribution in [1.82, 2.24) is 4.90 Å². The van der Waals surface area contributed by atoms with E-state index in [1.807, 2.05) is 0 Å². The third-order valence-electron chi connectivity index (χ3n) is 4.16. The van der Waals surface area contributed by atoms with Crippen molar-refractivity contribution >= 4 is 5.91 Å². The first-order valence-electron chi connectivity index (χ1n) is 6.36. The monoisotopic (exact) mass is 209 g/mol. The fourth-order valence-corrected chi connectivity index (χ4v) is 3.67. The van der Waals surface area contributed by atoms with Crippen molar-refractivity contribution in [1.29, 1.82) is 0 Å². The third kappa shape index (κ3) is 1.58. The van der Waals surface area contributed by atoms with E-state index in [-0.39, 0.29) is 0 Å². The number of carbonyl (C=O) groups is 1. The van der Waals surface area contributed by atoms with Crippen LogP contribution in [0.4, 0.5) is 0 Å². The smallest absolute Gasteiger partial charge is 0.226 e. The first-order valence-corrected chi connectivity index (χ1v) is 6.36. The maximum absolute atomic E-state index is 12.3. The molecule has 2 aliphatic rings. The fourth-order valence-electron chi connectivity index (χ4n) is 3.67. The zero-order valence-electron chi connectivity index (χ0n) is 10.4. The van der Waals surface area contributed by atoms with Crippen LogP contribution in [0.3, 0.4) is 0 Å². The molecule has 0 bridgehead atoms. The first-order chi connectivity index (χ1) is 7.04. The fraction of sp³-hybridized carbons (Fsp3) is 0.923. The molecule has 2 heteroatoms. The Hall–Kier alpha value is -0.530. The lowest BCUT2D eigenvalue weighted by atomic mass is 9.83. The summed E-state index contributed by atoms with van der Waals surface area (Å²) in [4.78, 5) is 14.5. The van der Waals surface area contributed by atoms with Gasteiger partial charge in [0.1, 0.15) is 0 Å². The molecule has 1 aliphatic heterocycles. The molecule has 1 saturated heterocycles. The third-order valence-corrected chi connectivity index (χ3v) is 4.16. The van der Waals surface area contributed by atoms with Crippen LogP contribution in [0.1, 0.15) is 47.0 Å². The van der Waals surface area contributed by atoms with Gasteiger partial charge in [0.2, 0.25) is 5.91 Å². The number of amides is 1. The number of fused-ring (bicyclic) bond motifs is 1. The lowest BCUT2D eigenvalue weighted by Crippen LogP contribution is -2.39. The maximum atomic E-state index is 12.3. The van der Waals surface area contributed by atoms with E-state index < -0.39 is 0 Å². The summed E-state index contributed by atoms with van der Waals surface area (Å²) in [7, 11) is 0. The Kier molecular flexibility index (Phi) is 2.78. The lowest BCUT2D eigenvalue weighted by molar-refractivity contribution is -0.135. The second kappa shape index (κ2) is 3.80. The van der Waals surface area contributed by atoms with Gasteiger partial charge in [-0.05, 0) is 38.5 Å². The molecule has 1 amide bonds. The Morgan fingerprint density at radius 2 is 1.87 bits per heavy atom. The lowest BCUT2D eigenvalue weighted by Gasteiger charge is -2.28. The van der Waals surface area contributed by atoms with E-state index in [4.69, 9.17) is 0 Å². The van der Waals surface area contributed by atoms with Crippen LogP contribution in [0, 0.1) is 17.8 Å². The van der Waals surface area contributed by atoms with Gasteiger partial charge in [-0.2, -0.15) is 0 Å². The van der Waals surface area contributed by atoms with E-state index >= 15 is 0 Å². The van der Waals surface area contributed by atoms with Gasteiger partial charge in [0, 0.05) is 18.0 Å². The molecule has 2 fully saturated rings. The molecule has 0 aromatic carbocycles. The van der Waals surface area contributed by atoms with Crippen LogP contribution in [0.25, 0.3) is 0 Å². The molecule has 0 aromatic rings. The normalized spacial score (nSPS) is 35.7. The van der Waals surface area contributed by atoms with Crippen molar-refractivity contribution in [3.63, 3.8) is 0 Å². The van der Waals surface area contributed by atoms with Gasteiger partial charge in [-0.3, -0.25) is 4.79 Å². The standard InChI is InChI=1S/C13H23NO/c1-8(2)12-10-6-5-7-11(10)14(9(3)4)13(12)15/h8-12H,5-7H2,1-4H3. The van der Waals surface area contributed by atoms with Crippen molar-refractivity contribution in [2.24, 2.45) is 17.8 Å². The zero-order valence-corrected chi connectivity index (χ0v) is 10.4. The Balaban J connectivity index is 2.26. The molecule has 15 heavy (non-hydrogen) atoms. The summed E-state index contributed by atoms with van der Waals surface area (Å²) in [5.74, 6) is 1.89. The Bertz CT molecular complexity index is 235. The minimum atomic E-state index is 0.305. The summed E-state index contributed by atoms with van der Waals surface area (Å²) in [6.45, 7) is 8.69. The topological polar surface area (TPSA) is 20.3 Å². The highest BCUT2D eigenvalue weighted by Gasteiger charge is 2.51. The highest BCUT2D eigenvalue weighted by Crippen LogP contribution is 2.45. The summed E-state index contributed by atoms with van der Waals surface area (Å²) in [6, 6.07) is 0.941. The molecular weight excluding hydrogens is 186 g/mol. The van der Waals surface area contributed by atoms with Gasteiger partial charge in [0.15, 0.2) is 0 Å². The largest absolute Gasteiger partial charge is 0.337 e. The molecule has 0 N–H and O–H groups in total. The summed E-state index contributed by atoms with van der Waals surface area (Å²) in [5.41, 5.74) is 0. The molecule has 0 radical (unpaired) electrons. The van der Waals surface area contributed by atoms with E-state index in [1.54, 1.807) is 0 Å². The number of rotatable bonds is 2. The second-order valence-corrected chi connectivity index (χ2v) is 5.77. The summed E-state index contributed by atoms with van der Waals surface area (Å²) >= 11 is 0. The number of hydrogen-bond acceptors (Lipinski definition) is 1. The molecule has 1 heterocycles. The average Bonchev–Trinajstić information content (AvgIpc) is 2.60. The van der Waals surface area contributed by atoms with Gasteiger partial charge in [0.05, 0.1) is 0 Å². The minimum absolute atomic E-state index is 0.305. The van der Waals surface area contributed by atoms with Gasteiger partial charge in [-0.25, -0.2) is 0 Å². The van der Waals surface area contributed by atoms with Crippen LogP contribution in [0.2, 0.25) is 0 Å². The van der Waals surface area contributed by atoms with Gasteiger partial charge < -0.3 is 4.90 Å². The zero-order chi connectivity index (χ0) is 11.2. The number of likely N-dealkylation sites (tertiary alicyclic amines) is 1. The Labute approximate surface area is 93.0 Å². The predicted octanol–water partition coefficient (Wildman–Crippen LogP) is 2.68. The number of carbonyl (C=O) groups excluding carboxylic acids is 1. The van der Waals surface area contributed by atoms with Gasteiger partial charge in [0.25, 0.3) is 0 Å². The van der Waals surface area contributed by atoms with E-state index in [2.05, 4.69) is 32.6 Å². The number of hydrogen-bond donors (Lipinski definition) is 0. The molecule has 1 saturated carbocycles. The highest BCUT2D eigenvalue weighted by atomic mass is 16.2. The molecule has 3 unspecified atom stereocenters. The van der Waals surface area contributed by atoms with E-state index in [0.29, 0.717) is 35.7 Å². The van der Waals surface area contributed by atoms with Gasteiger partial charge >= 0.3 is 0 Å². The summed E-state index contributed by atoms with van der Waals surface area (Å²) < 4.78 is 0. The Morgan fingerprint density at radius 1 is 1.20 bits per heavy atom. The second-order valence-electron chi connectivity index (χ2n) is 5.77. The van der Waals surface area contributed by atoms with Crippen molar-refractivity contribution < 1.29 is 4.79 Å². The van der Waals surface area contributed by atoms with Crippen LogP contribution >= 0.6 is 0 Å². The molecular formula is C13H23NO. The molecule has 3 atom stereocenters. The average molecular weight is 209 g/mol. The summed E-state index contributed by atoms with van der Waals surface area (Å²) in [6.07, 6.45) is 3.81. The summed E-state index contributed by atoms with van der Waals surface area (Å²) in [5, 5.41) is 0. The first kappa shape index (κ1) is 11.0.